The standard InChI is InChI=1S/C24H25NO4/c1-18-11-13-19(14-12-18)23(26)21-9-6-16-25(21)15-5-8-20-7-4-10-22(24(20)28-3)29-17-27-2/h4-14,16H,15,17H2,1-3H3. The van der Waals surface area contributed by atoms with Crippen molar-refractivity contribution < 1.29 is 19.0 Å². The number of nitrogens with zero attached hydrogens (tertiary/aromatic N) is 1. The van der Waals surface area contributed by atoms with Crippen molar-refractivity contribution in [2.45, 2.75) is 13.5 Å². The second-order valence-corrected chi connectivity index (χ2v) is 6.57. The van der Waals surface area contributed by atoms with Crippen molar-refractivity contribution >= 4 is 11.9 Å². The fraction of sp³-hybridized carbons (Fsp3) is 0.208. The zero-order valence-corrected chi connectivity index (χ0v) is 16.9. The predicted molar refractivity (Wildman–Crippen MR) is 114 cm³/mol. The maximum Gasteiger partial charge on any atom is 0.209 e. The van der Waals surface area contributed by atoms with Crippen LogP contribution in [-0.2, 0) is 11.3 Å². The molecule has 2 aromatic carbocycles. The molecule has 0 aliphatic rings. The van der Waals surface area contributed by atoms with Crippen LogP contribution >= 0.6 is 0 Å². The topological polar surface area (TPSA) is 49.7 Å². The van der Waals surface area contributed by atoms with Gasteiger partial charge in [0.15, 0.2) is 18.3 Å². The third kappa shape index (κ3) is 4.95. The number of carbonyl (C=O) groups is 1. The van der Waals surface area contributed by atoms with Gasteiger partial charge in [-0.2, -0.15) is 0 Å². The first-order chi connectivity index (χ1) is 14.1. The second kappa shape index (κ2) is 9.75. The van der Waals surface area contributed by atoms with Gasteiger partial charge in [-0.05, 0) is 25.1 Å². The predicted octanol–water partition coefficient (Wildman–Crippen LogP) is 4.73. The van der Waals surface area contributed by atoms with Crippen LogP contribution in [-0.4, -0.2) is 31.4 Å². The van der Waals surface area contributed by atoms with Crippen molar-refractivity contribution in [1.82, 2.24) is 4.57 Å². The molecule has 0 unspecified atom stereocenters. The molecule has 150 valence electrons. The third-order valence-corrected chi connectivity index (χ3v) is 4.52. The van der Waals surface area contributed by atoms with Crippen LogP contribution < -0.4 is 9.47 Å². The normalized spacial score (nSPS) is 11.0. The van der Waals surface area contributed by atoms with Crippen LogP contribution in [0.25, 0.3) is 6.08 Å². The van der Waals surface area contributed by atoms with Gasteiger partial charge in [0, 0.05) is 31.0 Å². The molecule has 0 spiro atoms. The Labute approximate surface area is 171 Å². The highest BCUT2D eigenvalue weighted by molar-refractivity contribution is 6.08. The molecule has 5 heteroatoms. The first kappa shape index (κ1) is 20.4. The maximum absolute atomic E-state index is 12.8. The highest BCUT2D eigenvalue weighted by atomic mass is 16.7. The highest BCUT2D eigenvalue weighted by Gasteiger charge is 2.13. The molecule has 0 atom stereocenters. The van der Waals surface area contributed by atoms with Gasteiger partial charge in [0.1, 0.15) is 0 Å². The number of ketones is 1. The number of hydrogen-bond donors (Lipinski definition) is 0. The third-order valence-electron chi connectivity index (χ3n) is 4.52. The van der Waals surface area contributed by atoms with E-state index in [1.54, 1.807) is 14.2 Å². The van der Waals surface area contributed by atoms with E-state index in [0.717, 1.165) is 11.1 Å². The number of carbonyl (C=O) groups excluding carboxylic acids is 1. The largest absolute Gasteiger partial charge is 0.492 e. The number of aromatic nitrogens is 1. The summed E-state index contributed by atoms with van der Waals surface area (Å²) in [5, 5.41) is 0. The summed E-state index contributed by atoms with van der Waals surface area (Å²) < 4.78 is 17.9. The number of rotatable bonds is 9. The Morgan fingerprint density at radius 2 is 1.83 bits per heavy atom. The molecule has 0 aliphatic heterocycles. The minimum Gasteiger partial charge on any atom is -0.492 e. The molecule has 3 aromatic rings. The highest BCUT2D eigenvalue weighted by Crippen LogP contribution is 2.32. The van der Waals surface area contributed by atoms with Gasteiger partial charge >= 0.3 is 0 Å². The van der Waals surface area contributed by atoms with E-state index < -0.39 is 0 Å². The fourth-order valence-electron chi connectivity index (χ4n) is 3.04. The summed E-state index contributed by atoms with van der Waals surface area (Å²) in [6, 6.07) is 17.0. The van der Waals surface area contributed by atoms with Crippen LogP contribution in [0.2, 0.25) is 0 Å². The number of allylic oxidation sites excluding steroid dienone is 1. The number of para-hydroxylation sites is 1. The number of ether oxygens (including phenoxy) is 3. The van der Waals surface area contributed by atoms with Crippen molar-refractivity contribution in [2.24, 2.45) is 0 Å². The van der Waals surface area contributed by atoms with Gasteiger partial charge < -0.3 is 18.8 Å². The van der Waals surface area contributed by atoms with Crippen molar-refractivity contribution in [2.75, 3.05) is 21.0 Å². The van der Waals surface area contributed by atoms with Crippen molar-refractivity contribution in [3.05, 3.63) is 89.3 Å². The van der Waals surface area contributed by atoms with E-state index in [4.69, 9.17) is 14.2 Å². The smallest absolute Gasteiger partial charge is 0.209 e. The molecule has 0 radical (unpaired) electrons. The van der Waals surface area contributed by atoms with Gasteiger partial charge in [0.25, 0.3) is 0 Å². The van der Waals surface area contributed by atoms with E-state index in [-0.39, 0.29) is 12.6 Å². The van der Waals surface area contributed by atoms with Crippen LogP contribution in [0.15, 0.2) is 66.9 Å². The molecule has 0 N–H and O–H groups in total. The number of aryl methyl sites for hydroxylation is 1. The lowest BCUT2D eigenvalue weighted by Crippen LogP contribution is -2.09. The van der Waals surface area contributed by atoms with Gasteiger partial charge in [-0.3, -0.25) is 4.79 Å². The van der Waals surface area contributed by atoms with Crippen LogP contribution in [0.1, 0.15) is 27.2 Å². The Morgan fingerprint density at radius 3 is 2.55 bits per heavy atom. The molecular weight excluding hydrogens is 366 g/mol. The van der Waals surface area contributed by atoms with E-state index >= 15 is 0 Å². The SMILES string of the molecule is COCOc1cccc(C=CCn2cccc2C(=O)c2ccc(C)cc2)c1OC. The Kier molecular flexibility index (Phi) is 6.87. The van der Waals surface area contributed by atoms with E-state index in [1.807, 2.05) is 84.4 Å². The van der Waals surface area contributed by atoms with Crippen molar-refractivity contribution in [1.29, 1.82) is 0 Å². The number of hydrogen-bond acceptors (Lipinski definition) is 4. The Morgan fingerprint density at radius 1 is 1.03 bits per heavy atom. The molecule has 0 amide bonds. The molecule has 0 saturated heterocycles. The lowest BCUT2D eigenvalue weighted by molar-refractivity contribution is 0.0491. The van der Waals surface area contributed by atoms with Crippen molar-refractivity contribution in [3.63, 3.8) is 0 Å². The van der Waals surface area contributed by atoms with E-state index in [2.05, 4.69) is 0 Å². The minimum absolute atomic E-state index is 0.0101. The second-order valence-electron chi connectivity index (χ2n) is 6.57. The quantitative estimate of drug-likeness (QED) is 0.391. The van der Waals surface area contributed by atoms with Gasteiger partial charge in [-0.1, -0.05) is 54.1 Å². The average Bonchev–Trinajstić information content (AvgIpc) is 3.20. The Bertz CT molecular complexity index is 986. The van der Waals surface area contributed by atoms with Gasteiger partial charge in [-0.25, -0.2) is 0 Å². The monoisotopic (exact) mass is 391 g/mol. The molecule has 0 bridgehead atoms. The molecule has 1 heterocycles. The molecule has 5 nitrogen and oxygen atoms in total. The molecule has 3 rings (SSSR count). The van der Waals surface area contributed by atoms with Crippen LogP contribution in [0.3, 0.4) is 0 Å². The minimum atomic E-state index is 0.0101. The summed E-state index contributed by atoms with van der Waals surface area (Å²) in [4.78, 5) is 12.8. The van der Waals surface area contributed by atoms with E-state index in [9.17, 15) is 4.79 Å². The zero-order valence-electron chi connectivity index (χ0n) is 16.9. The fourth-order valence-corrected chi connectivity index (χ4v) is 3.04. The zero-order chi connectivity index (χ0) is 20.6. The van der Waals surface area contributed by atoms with Crippen LogP contribution in [0.4, 0.5) is 0 Å². The summed E-state index contributed by atoms with van der Waals surface area (Å²) in [6.07, 6.45) is 5.85. The van der Waals surface area contributed by atoms with Gasteiger partial charge in [-0.15, -0.1) is 0 Å². The van der Waals surface area contributed by atoms with E-state index in [0.29, 0.717) is 29.3 Å². The van der Waals surface area contributed by atoms with Crippen LogP contribution in [0, 0.1) is 6.92 Å². The lowest BCUT2D eigenvalue weighted by atomic mass is 10.1. The molecule has 0 aliphatic carbocycles. The molecular formula is C24H25NO4. The number of methoxy groups -OCH3 is 2. The summed E-state index contributed by atoms with van der Waals surface area (Å²) in [5.74, 6) is 1.27. The average molecular weight is 391 g/mol. The molecule has 0 saturated carbocycles. The van der Waals surface area contributed by atoms with Crippen molar-refractivity contribution in [3.8, 4) is 11.5 Å². The first-order valence-corrected chi connectivity index (χ1v) is 9.36. The number of benzene rings is 2. The molecule has 1 aromatic heterocycles. The van der Waals surface area contributed by atoms with Gasteiger partial charge in [0.2, 0.25) is 5.78 Å². The summed E-state index contributed by atoms with van der Waals surface area (Å²) in [6.45, 7) is 2.72. The first-order valence-electron chi connectivity index (χ1n) is 9.36. The Balaban J connectivity index is 1.76. The van der Waals surface area contributed by atoms with Gasteiger partial charge in [0.05, 0.1) is 12.8 Å². The molecule has 0 fully saturated rings. The summed E-state index contributed by atoms with van der Waals surface area (Å²) in [5.41, 5.74) is 3.36. The summed E-state index contributed by atoms with van der Waals surface area (Å²) >= 11 is 0. The van der Waals surface area contributed by atoms with E-state index in [1.165, 1.54) is 0 Å². The Hall–Kier alpha value is -3.31. The summed E-state index contributed by atoms with van der Waals surface area (Å²) in [7, 11) is 3.18. The molecule has 29 heavy (non-hydrogen) atoms. The maximum atomic E-state index is 12.8. The van der Waals surface area contributed by atoms with Crippen LogP contribution in [0.5, 0.6) is 11.5 Å². The lowest BCUT2D eigenvalue weighted by Gasteiger charge is -2.12.